The first-order valence-corrected chi connectivity index (χ1v) is 14.1. The lowest BCUT2D eigenvalue weighted by Crippen LogP contribution is -2.49. The minimum atomic E-state index is 0.0344. The number of fused-ring (bicyclic) bond motifs is 1. The van der Waals surface area contributed by atoms with Crippen LogP contribution in [-0.4, -0.2) is 64.7 Å². The summed E-state index contributed by atoms with van der Waals surface area (Å²) >= 11 is 0. The van der Waals surface area contributed by atoms with Crippen LogP contribution >= 0.6 is 0 Å². The maximum absolute atomic E-state index is 13.2. The zero-order chi connectivity index (χ0) is 28.2. The summed E-state index contributed by atoms with van der Waals surface area (Å²) in [6.07, 6.45) is 3.77. The average molecular weight is 548 g/mol. The third kappa shape index (κ3) is 5.33. The van der Waals surface area contributed by atoms with E-state index in [-0.39, 0.29) is 5.91 Å². The van der Waals surface area contributed by atoms with E-state index >= 15 is 0 Å². The predicted molar refractivity (Wildman–Crippen MR) is 161 cm³/mol. The monoisotopic (exact) mass is 547 g/mol. The largest absolute Gasteiger partial charge is 0.494 e. The number of carbonyl (C=O) groups excluding carboxylic acids is 1. The maximum atomic E-state index is 13.2. The molecule has 41 heavy (non-hydrogen) atoms. The molecule has 208 valence electrons. The summed E-state index contributed by atoms with van der Waals surface area (Å²) in [4.78, 5) is 26.9. The van der Waals surface area contributed by atoms with E-state index in [0.717, 1.165) is 45.2 Å². The zero-order valence-corrected chi connectivity index (χ0v) is 23.4. The molecule has 8 heteroatoms. The molecule has 0 saturated carbocycles. The minimum absolute atomic E-state index is 0.0344. The Morgan fingerprint density at radius 2 is 1.41 bits per heavy atom. The van der Waals surface area contributed by atoms with Crippen molar-refractivity contribution < 1.29 is 14.3 Å². The van der Waals surface area contributed by atoms with Gasteiger partial charge in [0.05, 0.1) is 18.6 Å². The van der Waals surface area contributed by atoms with E-state index in [4.69, 9.17) is 19.4 Å². The molecule has 3 heterocycles. The molecule has 5 aromatic rings. The highest BCUT2D eigenvalue weighted by molar-refractivity contribution is 6.02. The van der Waals surface area contributed by atoms with Crippen molar-refractivity contribution in [2.45, 2.75) is 13.8 Å². The fourth-order valence-electron chi connectivity index (χ4n) is 5.35. The van der Waals surface area contributed by atoms with Gasteiger partial charge < -0.3 is 23.8 Å². The molecule has 1 aliphatic heterocycles. The first kappa shape index (κ1) is 26.4. The van der Waals surface area contributed by atoms with Crippen molar-refractivity contribution in [2.24, 2.45) is 0 Å². The lowest BCUT2D eigenvalue weighted by atomic mass is 10.1. The number of aromatic nitrogens is 3. The molecule has 1 amide bonds. The Bertz CT molecular complexity index is 1620. The van der Waals surface area contributed by atoms with Gasteiger partial charge in [-0.25, -0.2) is 9.97 Å². The fraction of sp³-hybridized carbons (Fsp3) is 0.242. The molecule has 0 aliphatic carbocycles. The zero-order valence-electron chi connectivity index (χ0n) is 23.4. The second kappa shape index (κ2) is 11.7. The summed E-state index contributed by atoms with van der Waals surface area (Å²) in [5, 5.41) is 0.999. The molecule has 6 rings (SSSR count). The highest BCUT2D eigenvalue weighted by atomic mass is 16.5. The molecule has 1 fully saturated rings. The maximum Gasteiger partial charge on any atom is 0.253 e. The lowest BCUT2D eigenvalue weighted by Gasteiger charge is -2.35. The third-order valence-electron chi connectivity index (χ3n) is 7.35. The summed E-state index contributed by atoms with van der Waals surface area (Å²) < 4.78 is 13.3. The first-order chi connectivity index (χ1) is 20.2. The van der Waals surface area contributed by atoms with E-state index in [1.807, 2.05) is 85.5 Å². The van der Waals surface area contributed by atoms with Gasteiger partial charge in [0.2, 0.25) is 0 Å². The number of benzene rings is 3. The van der Waals surface area contributed by atoms with E-state index in [2.05, 4.69) is 27.8 Å². The summed E-state index contributed by atoms with van der Waals surface area (Å²) in [5.74, 6) is 2.52. The molecule has 0 spiro atoms. The predicted octanol–water partition coefficient (Wildman–Crippen LogP) is 5.85. The number of hydrogen-bond acceptors (Lipinski definition) is 6. The molecule has 2 aromatic heterocycles. The van der Waals surface area contributed by atoms with Crippen molar-refractivity contribution >= 4 is 22.8 Å². The van der Waals surface area contributed by atoms with Crippen molar-refractivity contribution in [1.82, 2.24) is 19.4 Å². The normalized spacial score (nSPS) is 13.4. The van der Waals surface area contributed by atoms with Crippen molar-refractivity contribution in [3.63, 3.8) is 0 Å². The Morgan fingerprint density at radius 3 is 2.05 bits per heavy atom. The van der Waals surface area contributed by atoms with E-state index in [9.17, 15) is 4.79 Å². The van der Waals surface area contributed by atoms with Crippen LogP contribution in [0.4, 0.5) is 5.82 Å². The van der Waals surface area contributed by atoms with Crippen LogP contribution in [0.2, 0.25) is 0 Å². The van der Waals surface area contributed by atoms with Crippen LogP contribution in [0.25, 0.3) is 27.8 Å². The van der Waals surface area contributed by atoms with E-state index < -0.39 is 0 Å². The Morgan fingerprint density at radius 1 is 0.780 bits per heavy atom. The molecule has 1 saturated heterocycles. The number of anilines is 1. The van der Waals surface area contributed by atoms with Crippen LogP contribution in [-0.2, 0) is 0 Å². The smallest absolute Gasteiger partial charge is 0.253 e. The van der Waals surface area contributed by atoms with Crippen LogP contribution in [0.5, 0.6) is 11.5 Å². The van der Waals surface area contributed by atoms with Gasteiger partial charge in [-0.15, -0.1) is 0 Å². The summed E-state index contributed by atoms with van der Waals surface area (Å²) in [5.41, 5.74) is 4.67. The SMILES string of the molecule is CCOc1ccc(C(=O)N2CCN(c3ncnc4c3c(-c3ccccc3)cn4-c3ccc(OCC)cc3)CC2)cc1. The average Bonchev–Trinajstić information content (AvgIpc) is 3.42. The topological polar surface area (TPSA) is 72.7 Å². The molecule has 0 unspecified atom stereocenters. The van der Waals surface area contributed by atoms with Gasteiger partial charge in [0.25, 0.3) is 5.91 Å². The van der Waals surface area contributed by atoms with E-state index in [1.54, 1.807) is 6.33 Å². The second-order valence-electron chi connectivity index (χ2n) is 9.84. The highest BCUT2D eigenvalue weighted by Crippen LogP contribution is 2.37. The van der Waals surface area contributed by atoms with Gasteiger partial charge in [0.1, 0.15) is 23.6 Å². The molecule has 0 N–H and O–H groups in total. The number of piperazine rings is 1. The number of rotatable bonds is 8. The third-order valence-corrected chi connectivity index (χ3v) is 7.35. The molecular formula is C33H33N5O3. The number of amides is 1. The first-order valence-electron chi connectivity index (χ1n) is 14.1. The van der Waals surface area contributed by atoms with Crippen molar-refractivity contribution in [3.8, 4) is 28.3 Å². The molecule has 8 nitrogen and oxygen atoms in total. The van der Waals surface area contributed by atoms with Gasteiger partial charge in [-0.3, -0.25) is 4.79 Å². The minimum Gasteiger partial charge on any atom is -0.494 e. The Balaban J connectivity index is 1.31. The lowest BCUT2D eigenvalue weighted by molar-refractivity contribution is 0.0746. The Kier molecular flexibility index (Phi) is 7.54. The van der Waals surface area contributed by atoms with Gasteiger partial charge >= 0.3 is 0 Å². The molecule has 0 bridgehead atoms. The Hall–Kier alpha value is -4.85. The number of carbonyl (C=O) groups is 1. The number of ether oxygens (including phenoxy) is 2. The van der Waals surface area contributed by atoms with Crippen LogP contribution in [0.15, 0.2) is 91.4 Å². The van der Waals surface area contributed by atoms with E-state index in [1.165, 1.54) is 0 Å². The van der Waals surface area contributed by atoms with E-state index in [0.29, 0.717) is 45.0 Å². The summed E-state index contributed by atoms with van der Waals surface area (Å²) in [6, 6.07) is 25.8. The van der Waals surface area contributed by atoms with Crippen molar-refractivity contribution in [3.05, 3.63) is 97.0 Å². The fourth-order valence-corrected chi connectivity index (χ4v) is 5.35. The Labute approximate surface area is 239 Å². The standard InChI is InChI=1S/C33H33N5O3/c1-3-40-27-14-10-25(11-15-27)33(39)37-20-18-36(19-21-37)31-30-29(24-8-6-5-7-9-24)22-38(32(30)35-23-34-31)26-12-16-28(17-13-26)41-4-2/h5-17,22-23H,3-4,18-21H2,1-2H3. The van der Waals surface area contributed by atoms with Crippen LogP contribution in [0, 0.1) is 0 Å². The molecule has 3 aromatic carbocycles. The van der Waals surface area contributed by atoms with Crippen molar-refractivity contribution in [1.29, 1.82) is 0 Å². The quantitative estimate of drug-likeness (QED) is 0.243. The van der Waals surface area contributed by atoms with Crippen LogP contribution < -0.4 is 14.4 Å². The highest BCUT2D eigenvalue weighted by Gasteiger charge is 2.26. The van der Waals surface area contributed by atoms with Gasteiger partial charge in [-0.05, 0) is 67.9 Å². The van der Waals surface area contributed by atoms with Gasteiger partial charge in [0.15, 0.2) is 5.65 Å². The number of hydrogen-bond donors (Lipinski definition) is 0. The molecular weight excluding hydrogens is 514 g/mol. The van der Waals surface area contributed by atoms with Gasteiger partial charge in [-0.2, -0.15) is 0 Å². The molecule has 0 radical (unpaired) electrons. The van der Waals surface area contributed by atoms with Gasteiger partial charge in [-0.1, -0.05) is 30.3 Å². The van der Waals surface area contributed by atoms with Crippen LogP contribution in [0.1, 0.15) is 24.2 Å². The molecule has 0 atom stereocenters. The van der Waals surface area contributed by atoms with Gasteiger partial charge in [0, 0.05) is 49.2 Å². The summed E-state index contributed by atoms with van der Waals surface area (Å²) in [6.45, 7) is 7.72. The summed E-state index contributed by atoms with van der Waals surface area (Å²) in [7, 11) is 0. The second-order valence-corrected chi connectivity index (χ2v) is 9.84. The molecule has 1 aliphatic rings. The van der Waals surface area contributed by atoms with Crippen LogP contribution in [0.3, 0.4) is 0 Å². The van der Waals surface area contributed by atoms with Crippen molar-refractivity contribution in [2.75, 3.05) is 44.3 Å². The number of nitrogens with zero attached hydrogens (tertiary/aromatic N) is 5.